The van der Waals surface area contributed by atoms with E-state index in [1.807, 2.05) is 25.1 Å². The van der Waals surface area contributed by atoms with Crippen molar-refractivity contribution in [3.05, 3.63) is 101 Å². The summed E-state index contributed by atoms with van der Waals surface area (Å²) < 4.78 is 1.39. The maximum atomic E-state index is 13.3. The molecule has 0 saturated carbocycles. The Balaban J connectivity index is 1.82. The molecule has 0 aliphatic rings. The van der Waals surface area contributed by atoms with Gasteiger partial charge in [-0.1, -0.05) is 37.5 Å². The number of aryl methyl sites for hydroxylation is 1. The second kappa shape index (κ2) is 12.1. The molecule has 3 aromatic rings. The predicted molar refractivity (Wildman–Crippen MR) is 139 cm³/mol. The molecule has 0 radical (unpaired) electrons. The van der Waals surface area contributed by atoms with Gasteiger partial charge in [-0.2, -0.15) is 0 Å². The molecule has 0 aliphatic carbocycles. The van der Waals surface area contributed by atoms with Crippen molar-refractivity contribution in [2.45, 2.75) is 26.4 Å². The van der Waals surface area contributed by atoms with Gasteiger partial charge in [0.05, 0.1) is 11.9 Å². The average Bonchev–Trinajstić information content (AvgIpc) is 2.85. The number of nitrogens with one attached hydrogen (secondary N) is 2. The number of hydrogen-bond acceptors (Lipinski definition) is 7. The van der Waals surface area contributed by atoms with Crippen LogP contribution in [0.15, 0.2) is 84.6 Å². The highest BCUT2D eigenvalue weighted by molar-refractivity contribution is 5.77. The largest absolute Gasteiger partial charge is 0.384 e. The first-order chi connectivity index (χ1) is 16.9. The second-order valence-electron chi connectivity index (χ2n) is 7.74. The molecule has 0 atom stereocenters. The molecule has 35 heavy (non-hydrogen) atoms. The molecule has 0 spiro atoms. The number of carbonyl (C=O) groups is 1. The zero-order valence-electron chi connectivity index (χ0n) is 19.7. The lowest BCUT2D eigenvalue weighted by molar-refractivity contribution is -0.121. The molecule has 0 unspecified atom stereocenters. The Hall–Kier alpha value is -4.53. The molecule has 9 nitrogen and oxygen atoms in total. The number of nitrogens with two attached hydrogens (primary N) is 1. The molecule has 0 bridgehead atoms. The van der Waals surface area contributed by atoms with Crippen molar-refractivity contribution >= 4 is 17.5 Å². The number of pyridine rings is 2. The number of anilines is 2. The average molecular weight is 472 g/mol. The Labute approximate surface area is 204 Å². The van der Waals surface area contributed by atoms with Gasteiger partial charge in [0, 0.05) is 36.7 Å². The van der Waals surface area contributed by atoms with Crippen LogP contribution in [0, 0.1) is 6.92 Å². The summed E-state index contributed by atoms with van der Waals surface area (Å²) in [7, 11) is 0. The van der Waals surface area contributed by atoms with Crippen LogP contribution in [-0.2, 0) is 17.9 Å². The fraction of sp³-hybridized carbons (Fsp3) is 0.192. The lowest BCUT2D eigenvalue weighted by Crippen LogP contribution is -2.34. The Bertz CT molecular complexity index is 1300. The van der Waals surface area contributed by atoms with Crippen LogP contribution in [0.2, 0.25) is 0 Å². The second-order valence-corrected chi connectivity index (χ2v) is 7.74. The lowest BCUT2D eigenvalue weighted by Gasteiger charge is -2.15. The van der Waals surface area contributed by atoms with E-state index in [-0.39, 0.29) is 24.8 Å². The van der Waals surface area contributed by atoms with Crippen molar-refractivity contribution in [2.75, 3.05) is 17.6 Å². The first kappa shape index (κ1) is 25.1. The number of nitrogens with zero attached hydrogens (tertiary/aromatic N) is 4. The van der Waals surface area contributed by atoms with Gasteiger partial charge < -0.3 is 16.4 Å². The van der Waals surface area contributed by atoms with E-state index in [0.717, 1.165) is 16.8 Å². The van der Waals surface area contributed by atoms with Crippen molar-refractivity contribution < 1.29 is 4.79 Å². The highest BCUT2D eigenvalue weighted by atomic mass is 16.2. The number of nitrogen functional groups attached to an aromatic ring is 1. The molecule has 1 amide bonds. The smallest absolute Gasteiger partial charge is 0.294 e. The number of allylic oxidation sites excluding steroid dienone is 3. The topological polar surface area (TPSA) is 128 Å². The van der Waals surface area contributed by atoms with Crippen molar-refractivity contribution in [2.24, 2.45) is 0 Å². The first-order valence-electron chi connectivity index (χ1n) is 11.1. The number of carbonyl (C=O) groups excluding carboxylic acids is 1. The van der Waals surface area contributed by atoms with Gasteiger partial charge in [0.1, 0.15) is 12.4 Å². The fourth-order valence-electron chi connectivity index (χ4n) is 3.43. The van der Waals surface area contributed by atoms with E-state index in [2.05, 4.69) is 38.7 Å². The van der Waals surface area contributed by atoms with E-state index in [9.17, 15) is 9.59 Å². The molecule has 180 valence electrons. The van der Waals surface area contributed by atoms with Crippen LogP contribution in [-0.4, -0.2) is 32.0 Å². The molecule has 0 aliphatic heterocycles. The van der Waals surface area contributed by atoms with Gasteiger partial charge in [0.15, 0.2) is 5.82 Å². The molecular formula is C26H29N7O2. The highest BCUT2D eigenvalue weighted by Crippen LogP contribution is 2.17. The van der Waals surface area contributed by atoms with Crippen LogP contribution in [0.25, 0.3) is 11.3 Å². The first-order valence-corrected chi connectivity index (χ1v) is 11.1. The van der Waals surface area contributed by atoms with Gasteiger partial charge in [-0.25, -0.2) is 9.97 Å². The van der Waals surface area contributed by atoms with Gasteiger partial charge in [0.25, 0.3) is 5.56 Å². The summed E-state index contributed by atoms with van der Waals surface area (Å²) in [6, 6.07) is 7.07. The van der Waals surface area contributed by atoms with Gasteiger partial charge in [-0.05, 0) is 42.7 Å². The maximum absolute atomic E-state index is 13.3. The van der Waals surface area contributed by atoms with Gasteiger partial charge in [-0.15, -0.1) is 0 Å². The Morgan fingerprint density at radius 3 is 2.74 bits per heavy atom. The van der Waals surface area contributed by atoms with Crippen LogP contribution < -0.4 is 21.9 Å². The minimum Gasteiger partial charge on any atom is -0.384 e. The van der Waals surface area contributed by atoms with Gasteiger partial charge >= 0.3 is 0 Å². The van der Waals surface area contributed by atoms with Crippen molar-refractivity contribution in [1.82, 2.24) is 24.8 Å². The number of rotatable bonds is 11. The molecule has 3 heterocycles. The minimum absolute atomic E-state index is 0.158. The van der Waals surface area contributed by atoms with E-state index in [1.165, 1.54) is 4.57 Å². The summed E-state index contributed by atoms with van der Waals surface area (Å²) in [6.45, 7) is 9.84. The van der Waals surface area contributed by atoms with Crippen LogP contribution in [0.4, 0.5) is 11.6 Å². The van der Waals surface area contributed by atoms with Gasteiger partial charge in [-0.3, -0.25) is 19.1 Å². The summed E-state index contributed by atoms with van der Waals surface area (Å²) in [6.07, 6.45) is 10.7. The van der Waals surface area contributed by atoms with Crippen molar-refractivity contribution in [1.29, 1.82) is 0 Å². The third kappa shape index (κ3) is 6.73. The van der Waals surface area contributed by atoms with E-state index in [0.29, 0.717) is 30.0 Å². The molecule has 4 N–H and O–H groups in total. The summed E-state index contributed by atoms with van der Waals surface area (Å²) in [4.78, 5) is 38.8. The van der Waals surface area contributed by atoms with E-state index < -0.39 is 5.56 Å². The summed E-state index contributed by atoms with van der Waals surface area (Å²) in [5.74, 6) is 0.252. The van der Waals surface area contributed by atoms with E-state index in [4.69, 9.17) is 5.73 Å². The summed E-state index contributed by atoms with van der Waals surface area (Å²) >= 11 is 0. The Kier molecular flexibility index (Phi) is 8.66. The molecule has 3 aromatic heterocycles. The van der Waals surface area contributed by atoms with Crippen LogP contribution in [0.1, 0.15) is 17.7 Å². The van der Waals surface area contributed by atoms with Crippen LogP contribution >= 0.6 is 0 Å². The van der Waals surface area contributed by atoms with E-state index in [1.54, 1.807) is 42.9 Å². The fourth-order valence-corrected chi connectivity index (χ4v) is 3.43. The molecule has 9 heteroatoms. The SMILES string of the molecule is C=C/C=C(\C=C)CCNc1ncc(-c2cccnc2)n(CC(=O)NCc2ccc(N)nc2C)c1=O. The highest BCUT2D eigenvalue weighted by Gasteiger charge is 2.15. The Morgan fingerprint density at radius 1 is 1.23 bits per heavy atom. The van der Waals surface area contributed by atoms with E-state index >= 15 is 0 Å². The quantitative estimate of drug-likeness (QED) is 0.367. The van der Waals surface area contributed by atoms with Gasteiger partial charge in [0.2, 0.25) is 5.91 Å². The molecular weight excluding hydrogens is 442 g/mol. The Morgan fingerprint density at radius 2 is 2.06 bits per heavy atom. The van der Waals surface area contributed by atoms with Crippen molar-refractivity contribution in [3.63, 3.8) is 0 Å². The third-order valence-electron chi connectivity index (χ3n) is 5.31. The van der Waals surface area contributed by atoms with Crippen molar-refractivity contribution in [3.8, 4) is 11.3 Å². The lowest BCUT2D eigenvalue weighted by atomic mass is 10.1. The monoisotopic (exact) mass is 471 g/mol. The number of hydrogen-bond donors (Lipinski definition) is 3. The molecule has 3 rings (SSSR count). The normalized spacial score (nSPS) is 11.1. The summed E-state index contributed by atoms with van der Waals surface area (Å²) in [5, 5.41) is 5.91. The molecule has 0 aromatic carbocycles. The van der Waals surface area contributed by atoms with Crippen LogP contribution in [0.3, 0.4) is 0 Å². The minimum atomic E-state index is -0.403. The zero-order valence-corrected chi connectivity index (χ0v) is 19.7. The molecule has 0 saturated heterocycles. The predicted octanol–water partition coefficient (Wildman–Crippen LogP) is 3.01. The molecule has 0 fully saturated rings. The standard InChI is InChI=1S/C26H29N7O2/c1-4-7-19(5-2)11-13-29-25-26(35)33(22(16-31-25)21-8-6-12-28-14-21)17-24(34)30-15-20-9-10-23(27)32-18(20)3/h4-10,12,14,16H,1-2,11,13,15,17H2,3H3,(H2,27,32)(H,29,31)(H,30,34)/b19-7+. The third-order valence-corrected chi connectivity index (χ3v) is 5.31. The number of aromatic nitrogens is 4. The zero-order chi connectivity index (χ0) is 25.2. The van der Waals surface area contributed by atoms with Crippen LogP contribution in [0.5, 0.6) is 0 Å². The summed E-state index contributed by atoms with van der Waals surface area (Å²) in [5.41, 5.74) is 9.02. The number of amides is 1. The maximum Gasteiger partial charge on any atom is 0.294 e.